The van der Waals surface area contributed by atoms with Crippen LogP contribution in [0.3, 0.4) is 0 Å². The Labute approximate surface area is 115 Å². The van der Waals surface area contributed by atoms with E-state index in [1.54, 1.807) is 0 Å². The molecule has 100 valence electrons. The van der Waals surface area contributed by atoms with Crippen molar-refractivity contribution >= 4 is 5.97 Å². The van der Waals surface area contributed by atoms with Crippen molar-refractivity contribution in [3.8, 4) is 11.1 Å². The molecule has 2 heteroatoms. The van der Waals surface area contributed by atoms with Crippen molar-refractivity contribution in [2.45, 2.75) is 20.8 Å². The molecule has 0 aliphatic carbocycles. The van der Waals surface area contributed by atoms with Gasteiger partial charge < -0.3 is 4.74 Å². The number of hydrogen-bond acceptors (Lipinski definition) is 2. The Bertz CT molecular complexity index is 530. The molecule has 0 bridgehead atoms. The summed E-state index contributed by atoms with van der Waals surface area (Å²) in [4.78, 5) is 11.7. The molecule has 0 aliphatic heterocycles. The van der Waals surface area contributed by atoms with Crippen molar-refractivity contribution in [3.63, 3.8) is 0 Å². The van der Waals surface area contributed by atoms with E-state index < -0.39 is 0 Å². The van der Waals surface area contributed by atoms with E-state index >= 15 is 0 Å². The van der Waals surface area contributed by atoms with Gasteiger partial charge in [-0.1, -0.05) is 61.9 Å². The summed E-state index contributed by atoms with van der Waals surface area (Å²) in [5.74, 6) is -0.302. The zero-order valence-corrected chi connectivity index (χ0v) is 11.9. The number of carbonyl (C=O) groups is 1. The third-order valence-electron chi connectivity index (χ3n) is 2.67. The number of benzene rings is 2. The van der Waals surface area contributed by atoms with Gasteiger partial charge >= 0.3 is 5.97 Å². The molecule has 0 spiro atoms. The molecule has 0 saturated carbocycles. The van der Waals surface area contributed by atoms with E-state index in [1.807, 2.05) is 69.3 Å². The molecule has 0 amide bonds. The topological polar surface area (TPSA) is 26.3 Å². The van der Waals surface area contributed by atoms with E-state index in [1.165, 1.54) is 7.11 Å². The Morgan fingerprint density at radius 2 is 1.63 bits per heavy atom. The highest BCUT2D eigenvalue weighted by molar-refractivity contribution is 5.97. The van der Waals surface area contributed by atoms with Crippen LogP contribution < -0.4 is 0 Å². The Kier molecular flexibility index (Phi) is 5.80. The molecule has 0 N–H and O–H groups in total. The largest absolute Gasteiger partial charge is 0.465 e. The molecular formula is C17H20O2. The van der Waals surface area contributed by atoms with Crippen molar-refractivity contribution < 1.29 is 9.53 Å². The van der Waals surface area contributed by atoms with Gasteiger partial charge in [0, 0.05) is 0 Å². The summed E-state index contributed by atoms with van der Waals surface area (Å²) in [6.07, 6.45) is 0. The molecule has 0 fully saturated rings. The van der Waals surface area contributed by atoms with Crippen LogP contribution in [0.4, 0.5) is 0 Å². The molecule has 2 aromatic rings. The van der Waals surface area contributed by atoms with Gasteiger partial charge in [-0.3, -0.25) is 0 Å². The lowest BCUT2D eigenvalue weighted by Crippen LogP contribution is -2.03. The third-order valence-corrected chi connectivity index (χ3v) is 2.67. The second-order valence-corrected chi connectivity index (χ2v) is 3.91. The van der Waals surface area contributed by atoms with Crippen molar-refractivity contribution in [1.82, 2.24) is 0 Å². The number of aryl methyl sites for hydroxylation is 1. The first-order valence-corrected chi connectivity index (χ1v) is 6.47. The van der Waals surface area contributed by atoms with Crippen molar-refractivity contribution in [1.29, 1.82) is 0 Å². The second-order valence-electron chi connectivity index (χ2n) is 3.91. The molecule has 0 heterocycles. The Morgan fingerprint density at radius 1 is 1.00 bits per heavy atom. The molecule has 0 saturated heterocycles. The SMILES string of the molecule is CC.COC(=O)c1ccc(C)cc1-c1ccccc1. The van der Waals surface area contributed by atoms with Gasteiger partial charge in [0.2, 0.25) is 0 Å². The third kappa shape index (κ3) is 3.68. The van der Waals surface area contributed by atoms with Crippen LogP contribution in [0.2, 0.25) is 0 Å². The molecule has 0 aromatic heterocycles. The lowest BCUT2D eigenvalue weighted by atomic mass is 9.98. The summed E-state index contributed by atoms with van der Waals surface area (Å²) < 4.78 is 4.80. The number of methoxy groups -OCH3 is 1. The number of carbonyl (C=O) groups excluding carboxylic acids is 1. The minimum absolute atomic E-state index is 0.302. The van der Waals surface area contributed by atoms with Crippen LogP contribution in [0.25, 0.3) is 11.1 Å². The average molecular weight is 256 g/mol. The van der Waals surface area contributed by atoms with Gasteiger partial charge in [0.1, 0.15) is 0 Å². The lowest BCUT2D eigenvalue weighted by molar-refractivity contribution is 0.0601. The number of rotatable bonds is 2. The maximum absolute atomic E-state index is 11.7. The normalized spacial score (nSPS) is 9.26. The quantitative estimate of drug-likeness (QED) is 0.741. The summed E-state index contributed by atoms with van der Waals surface area (Å²) in [5, 5.41) is 0. The highest BCUT2D eigenvalue weighted by atomic mass is 16.5. The minimum atomic E-state index is -0.302. The summed E-state index contributed by atoms with van der Waals surface area (Å²) in [6.45, 7) is 6.01. The molecule has 0 unspecified atom stereocenters. The fraction of sp³-hybridized carbons (Fsp3) is 0.235. The molecule has 0 aliphatic rings. The average Bonchev–Trinajstić information content (AvgIpc) is 2.49. The monoisotopic (exact) mass is 256 g/mol. The highest BCUT2D eigenvalue weighted by Crippen LogP contribution is 2.25. The standard InChI is InChI=1S/C15H14O2.C2H6/c1-11-8-9-13(15(16)17-2)14(10-11)12-6-4-3-5-7-12;1-2/h3-10H,1-2H3;1-2H3. The summed E-state index contributed by atoms with van der Waals surface area (Å²) in [5.41, 5.74) is 3.66. The zero-order valence-electron chi connectivity index (χ0n) is 11.9. The Hall–Kier alpha value is -2.09. The first-order chi connectivity index (χ1) is 9.22. The van der Waals surface area contributed by atoms with E-state index in [0.717, 1.165) is 16.7 Å². The van der Waals surface area contributed by atoms with Crippen LogP contribution in [0, 0.1) is 6.92 Å². The molecule has 19 heavy (non-hydrogen) atoms. The van der Waals surface area contributed by atoms with Crippen LogP contribution in [-0.4, -0.2) is 13.1 Å². The summed E-state index contributed by atoms with van der Waals surface area (Å²) in [7, 11) is 1.40. The molecule has 2 rings (SSSR count). The fourth-order valence-electron chi connectivity index (χ4n) is 1.80. The van der Waals surface area contributed by atoms with Crippen LogP contribution >= 0.6 is 0 Å². The summed E-state index contributed by atoms with van der Waals surface area (Å²) in [6, 6.07) is 15.6. The van der Waals surface area contributed by atoms with E-state index in [-0.39, 0.29) is 5.97 Å². The van der Waals surface area contributed by atoms with E-state index in [4.69, 9.17) is 4.74 Å². The van der Waals surface area contributed by atoms with Crippen LogP contribution in [0.1, 0.15) is 29.8 Å². The second kappa shape index (κ2) is 7.37. The highest BCUT2D eigenvalue weighted by Gasteiger charge is 2.12. The van der Waals surface area contributed by atoms with Crippen molar-refractivity contribution in [2.24, 2.45) is 0 Å². The van der Waals surface area contributed by atoms with Gasteiger partial charge in [0.05, 0.1) is 12.7 Å². The van der Waals surface area contributed by atoms with Crippen LogP contribution in [-0.2, 0) is 4.74 Å². The van der Waals surface area contributed by atoms with Gasteiger partial charge in [-0.25, -0.2) is 4.79 Å². The Balaban J connectivity index is 0.000000861. The van der Waals surface area contributed by atoms with Gasteiger partial charge in [-0.05, 0) is 24.1 Å². The van der Waals surface area contributed by atoms with E-state index in [9.17, 15) is 4.79 Å². The lowest BCUT2D eigenvalue weighted by Gasteiger charge is -2.09. The van der Waals surface area contributed by atoms with Gasteiger partial charge in [0.15, 0.2) is 0 Å². The van der Waals surface area contributed by atoms with E-state index in [2.05, 4.69) is 0 Å². The van der Waals surface area contributed by atoms with Gasteiger partial charge in [0.25, 0.3) is 0 Å². The first kappa shape index (κ1) is 15.0. The molecule has 0 radical (unpaired) electrons. The van der Waals surface area contributed by atoms with Crippen LogP contribution in [0.15, 0.2) is 48.5 Å². The van der Waals surface area contributed by atoms with Crippen molar-refractivity contribution in [3.05, 3.63) is 59.7 Å². The minimum Gasteiger partial charge on any atom is -0.465 e. The number of esters is 1. The van der Waals surface area contributed by atoms with E-state index in [0.29, 0.717) is 5.56 Å². The number of ether oxygens (including phenoxy) is 1. The van der Waals surface area contributed by atoms with Gasteiger partial charge in [-0.15, -0.1) is 0 Å². The maximum atomic E-state index is 11.7. The molecule has 0 atom stereocenters. The number of hydrogen-bond donors (Lipinski definition) is 0. The van der Waals surface area contributed by atoms with Crippen molar-refractivity contribution in [2.75, 3.05) is 7.11 Å². The first-order valence-electron chi connectivity index (χ1n) is 6.47. The molecular weight excluding hydrogens is 236 g/mol. The predicted molar refractivity (Wildman–Crippen MR) is 79.3 cm³/mol. The molecule has 2 nitrogen and oxygen atoms in total. The Morgan fingerprint density at radius 3 is 2.21 bits per heavy atom. The maximum Gasteiger partial charge on any atom is 0.338 e. The zero-order chi connectivity index (χ0) is 14.3. The van der Waals surface area contributed by atoms with Crippen LogP contribution in [0.5, 0.6) is 0 Å². The van der Waals surface area contributed by atoms with Gasteiger partial charge in [-0.2, -0.15) is 0 Å². The molecule has 2 aromatic carbocycles. The summed E-state index contributed by atoms with van der Waals surface area (Å²) >= 11 is 0. The fourth-order valence-corrected chi connectivity index (χ4v) is 1.80. The predicted octanol–water partition coefficient (Wildman–Crippen LogP) is 4.47. The smallest absolute Gasteiger partial charge is 0.338 e.